The molecule has 0 amide bonds. The fourth-order valence-corrected chi connectivity index (χ4v) is 1.96. The van der Waals surface area contributed by atoms with Gasteiger partial charge in [0.1, 0.15) is 12.4 Å². The third-order valence-electron chi connectivity index (χ3n) is 2.76. The normalized spacial score (nSPS) is 9.62. The first-order valence-corrected chi connectivity index (χ1v) is 6.37. The van der Waals surface area contributed by atoms with Crippen molar-refractivity contribution in [2.75, 3.05) is 7.11 Å². The van der Waals surface area contributed by atoms with Crippen LogP contribution < -0.4 is 15.2 Å². The summed E-state index contributed by atoms with van der Waals surface area (Å²) in [4.78, 5) is 0. The van der Waals surface area contributed by atoms with Crippen LogP contribution in [0.1, 0.15) is 11.1 Å². The van der Waals surface area contributed by atoms with Crippen LogP contribution in [0.2, 0.25) is 5.02 Å². The number of halogens is 2. The maximum atomic E-state index is 7.40. The van der Waals surface area contributed by atoms with Crippen LogP contribution in [0.25, 0.3) is 0 Å². The van der Waals surface area contributed by atoms with Crippen molar-refractivity contribution in [2.45, 2.75) is 6.61 Å². The van der Waals surface area contributed by atoms with Gasteiger partial charge in [0.15, 0.2) is 11.5 Å². The summed E-state index contributed by atoms with van der Waals surface area (Å²) >= 11 is 5.92. The van der Waals surface area contributed by atoms with Gasteiger partial charge >= 0.3 is 0 Å². The summed E-state index contributed by atoms with van der Waals surface area (Å²) in [5.41, 5.74) is 7.00. The van der Waals surface area contributed by atoms with Crippen LogP contribution in [-0.2, 0) is 6.61 Å². The molecule has 0 saturated carbocycles. The van der Waals surface area contributed by atoms with E-state index in [9.17, 15) is 0 Å². The summed E-state index contributed by atoms with van der Waals surface area (Å²) in [6.45, 7) is 0.385. The molecule has 0 aliphatic carbocycles. The molecule has 0 aromatic heterocycles. The number of hydrogen-bond acceptors (Lipinski definition) is 3. The number of nitrogen functional groups attached to an aromatic ring is 1. The van der Waals surface area contributed by atoms with Crippen molar-refractivity contribution in [1.82, 2.24) is 0 Å². The summed E-state index contributed by atoms with van der Waals surface area (Å²) in [5.74, 6) is 1.13. The lowest BCUT2D eigenvalue weighted by Crippen LogP contribution is -2.11. The van der Waals surface area contributed by atoms with E-state index >= 15 is 0 Å². The van der Waals surface area contributed by atoms with Gasteiger partial charge in [0.05, 0.1) is 7.11 Å². The molecule has 21 heavy (non-hydrogen) atoms. The zero-order valence-electron chi connectivity index (χ0n) is 11.4. The smallest absolute Gasteiger partial charge is 0.161 e. The highest BCUT2D eigenvalue weighted by Crippen LogP contribution is 2.28. The number of nitrogens with two attached hydrogens (primary N) is 1. The van der Waals surface area contributed by atoms with Gasteiger partial charge in [0, 0.05) is 10.6 Å². The van der Waals surface area contributed by atoms with E-state index in [2.05, 4.69) is 0 Å². The number of nitrogens with one attached hydrogen (secondary N) is 1. The van der Waals surface area contributed by atoms with Crippen LogP contribution in [0.5, 0.6) is 11.5 Å². The van der Waals surface area contributed by atoms with E-state index < -0.39 is 0 Å². The number of amidine groups is 1. The van der Waals surface area contributed by atoms with Crippen molar-refractivity contribution in [3.8, 4) is 11.5 Å². The molecule has 4 nitrogen and oxygen atoms in total. The molecule has 0 aliphatic rings. The van der Waals surface area contributed by atoms with Crippen LogP contribution >= 0.6 is 24.0 Å². The third-order valence-corrected chi connectivity index (χ3v) is 2.99. The molecule has 0 spiro atoms. The highest BCUT2D eigenvalue weighted by atomic mass is 35.5. The van der Waals surface area contributed by atoms with Gasteiger partial charge in [-0.15, -0.1) is 12.4 Å². The Morgan fingerprint density at radius 3 is 2.57 bits per heavy atom. The highest BCUT2D eigenvalue weighted by Gasteiger charge is 2.07. The Bertz CT molecular complexity index is 633. The molecule has 0 unspecified atom stereocenters. The predicted octanol–water partition coefficient (Wildman–Crippen LogP) is 3.63. The first kappa shape index (κ1) is 17.1. The largest absolute Gasteiger partial charge is 0.493 e. The third kappa shape index (κ3) is 4.55. The van der Waals surface area contributed by atoms with Crippen molar-refractivity contribution >= 4 is 29.8 Å². The van der Waals surface area contributed by atoms with E-state index in [4.69, 9.17) is 32.2 Å². The standard InChI is InChI=1S/C15H15ClN2O2.ClH/c1-19-14-8-11(15(17)18)5-6-13(14)20-9-10-3-2-4-12(16)7-10;/h2-8H,9H2,1H3,(H3,17,18);1H. The van der Waals surface area contributed by atoms with Crippen molar-refractivity contribution in [2.24, 2.45) is 5.73 Å². The average Bonchev–Trinajstić information content (AvgIpc) is 2.45. The lowest BCUT2D eigenvalue weighted by Gasteiger charge is -2.12. The fourth-order valence-electron chi connectivity index (χ4n) is 1.74. The van der Waals surface area contributed by atoms with E-state index in [-0.39, 0.29) is 18.2 Å². The number of methoxy groups -OCH3 is 1. The number of ether oxygens (including phenoxy) is 2. The van der Waals surface area contributed by atoms with Crippen LogP contribution in [0.4, 0.5) is 0 Å². The molecule has 0 bridgehead atoms. The Balaban J connectivity index is 0.00000220. The fraction of sp³-hybridized carbons (Fsp3) is 0.133. The van der Waals surface area contributed by atoms with Gasteiger partial charge in [-0.2, -0.15) is 0 Å². The van der Waals surface area contributed by atoms with Gasteiger partial charge in [0.25, 0.3) is 0 Å². The minimum Gasteiger partial charge on any atom is -0.493 e. The van der Waals surface area contributed by atoms with Crippen molar-refractivity contribution in [3.05, 3.63) is 58.6 Å². The maximum absolute atomic E-state index is 7.40. The van der Waals surface area contributed by atoms with Crippen LogP contribution in [0, 0.1) is 5.41 Å². The van der Waals surface area contributed by atoms with E-state index in [0.717, 1.165) is 5.56 Å². The van der Waals surface area contributed by atoms with Crippen molar-refractivity contribution < 1.29 is 9.47 Å². The highest BCUT2D eigenvalue weighted by molar-refractivity contribution is 6.30. The molecule has 0 heterocycles. The Morgan fingerprint density at radius 2 is 1.95 bits per heavy atom. The van der Waals surface area contributed by atoms with E-state index in [0.29, 0.717) is 28.7 Å². The van der Waals surface area contributed by atoms with Gasteiger partial charge in [-0.1, -0.05) is 23.7 Å². The molecule has 0 fully saturated rings. The van der Waals surface area contributed by atoms with Crippen molar-refractivity contribution in [1.29, 1.82) is 5.41 Å². The summed E-state index contributed by atoms with van der Waals surface area (Å²) in [6.07, 6.45) is 0. The monoisotopic (exact) mass is 326 g/mol. The van der Waals surface area contributed by atoms with Crippen molar-refractivity contribution in [3.63, 3.8) is 0 Å². The second-order valence-corrected chi connectivity index (χ2v) is 4.63. The van der Waals surface area contributed by atoms with E-state index in [1.807, 2.05) is 24.3 Å². The maximum Gasteiger partial charge on any atom is 0.161 e. The van der Waals surface area contributed by atoms with Gasteiger partial charge < -0.3 is 15.2 Å². The Kier molecular flexibility index (Phi) is 6.34. The molecule has 0 atom stereocenters. The molecule has 0 saturated heterocycles. The Labute approximate surface area is 134 Å². The molecule has 2 rings (SSSR count). The second-order valence-electron chi connectivity index (χ2n) is 4.20. The Hall–Kier alpha value is -1.91. The molecule has 0 aliphatic heterocycles. The molecule has 0 radical (unpaired) electrons. The number of rotatable bonds is 5. The zero-order chi connectivity index (χ0) is 14.5. The summed E-state index contributed by atoms with van der Waals surface area (Å²) in [6, 6.07) is 12.6. The van der Waals surface area contributed by atoms with E-state index in [1.165, 1.54) is 0 Å². The minimum absolute atomic E-state index is 0. The summed E-state index contributed by atoms with van der Waals surface area (Å²) < 4.78 is 11.0. The summed E-state index contributed by atoms with van der Waals surface area (Å²) in [5, 5.41) is 8.08. The number of hydrogen-bond donors (Lipinski definition) is 2. The van der Waals surface area contributed by atoms with Crippen LogP contribution in [-0.4, -0.2) is 12.9 Å². The summed E-state index contributed by atoms with van der Waals surface area (Å²) in [7, 11) is 1.55. The van der Waals surface area contributed by atoms with E-state index in [1.54, 1.807) is 25.3 Å². The molecular formula is C15H16Cl2N2O2. The lowest BCUT2D eigenvalue weighted by atomic mass is 10.2. The topological polar surface area (TPSA) is 68.3 Å². The molecule has 2 aromatic carbocycles. The number of benzene rings is 2. The predicted molar refractivity (Wildman–Crippen MR) is 87.0 cm³/mol. The van der Waals surface area contributed by atoms with Gasteiger partial charge in [-0.25, -0.2) is 0 Å². The molecular weight excluding hydrogens is 311 g/mol. The van der Waals surface area contributed by atoms with Crippen LogP contribution in [0.3, 0.4) is 0 Å². The zero-order valence-corrected chi connectivity index (χ0v) is 13.0. The quantitative estimate of drug-likeness (QED) is 0.651. The molecule has 6 heteroatoms. The Morgan fingerprint density at radius 1 is 1.19 bits per heavy atom. The van der Waals surface area contributed by atoms with Gasteiger partial charge in [0.2, 0.25) is 0 Å². The van der Waals surface area contributed by atoms with Crippen LogP contribution in [0.15, 0.2) is 42.5 Å². The second kappa shape index (κ2) is 7.76. The molecule has 2 aromatic rings. The molecule has 3 N–H and O–H groups in total. The van der Waals surface area contributed by atoms with Gasteiger partial charge in [-0.05, 0) is 35.9 Å². The first-order valence-electron chi connectivity index (χ1n) is 6.00. The average molecular weight is 327 g/mol. The first-order chi connectivity index (χ1) is 9.60. The SMILES string of the molecule is COc1cc(C(=N)N)ccc1OCc1cccc(Cl)c1.Cl. The molecule has 112 valence electrons. The minimum atomic E-state index is -0.00955. The van der Waals surface area contributed by atoms with Gasteiger partial charge in [-0.3, -0.25) is 5.41 Å². The lowest BCUT2D eigenvalue weighted by molar-refractivity contribution is 0.284.